The van der Waals surface area contributed by atoms with Crippen LogP contribution in [0.5, 0.6) is 0 Å². The van der Waals surface area contributed by atoms with E-state index in [0.29, 0.717) is 0 Å². The van der Waals surface area contributed by atoms with E-state index in [-0.39, 0.29) is 12.1 Å². The average molecular weight is 348 g/mol. The maximum absolute atomic E-state index is 6.28. The molecule has 1 aromatic rings. The topological polar surface area (TPSA) is 38.5 Å². The number of rotatable bonds is 4. The number of benzene rings is 1. The predicted octanol–water partition coefficient (Wildman–Crippen LogP) is 2.69. The highest BCUT2D eigenvalue weighted by molar-refractivity contribution is 9.10. The molecule has 106 valence electrons. The van der Waals surface area contributed by atoms with Gasteiger partial charge in [-0.3, -0.25) is 4.90 Å². The van der Waals surface area contributed by atoms with E-state index in [9.17, 15) is 0 Å². The summed E-state index contributed by atoms with van der Waals surface area (Å²) in [6, 6.07) is 5.90. The largest absolute Gasteiger partial charge is 0.374 e. The number of nitrogens with zero attached hydrogens (tertiary/aromatic N) is 1. The summed E-state index contributed by atoms with van der Waals surface area (Å²) in [4.78, 5) is 2.37. The fraction of sp³-hybridized carbons (Fsp3) is 0.571. The molecule has 3 nitrogen and oxygen atoms in total. The van der Waals surface area contributed by atoms with Gasteiger partial charge in [-0.25, -0.2) is 0 Å². The zero-order valence-corrected chi connectivity index (χ0v) is 13.5. The van der Waals surface area contributed by atoms with Gasteiger partial charge in [-0.1, -0.05) is 40.5 Å². The predicted molar refractivity (Wildman–Crippen MR) is 82.7 cm³/mol. The van der Waals surface area contributed by atoms with Crippen LogP contribution in [0.3, 0.4) is 0 Å². The standard InChI is InChI=1S/C14H20BrClN2O/c1-2-18-5-6-19-14(9-18)13(17)7-10-3-4-11(15)8-12(10)16/h3-4,8,13-14H,2,5-7,9,17H2,1H3. The molecular formula is C14H20BrClN2O. The minimum atomic E-state index is -0.0203. The summed E-state index contributed by atoms with van der Waals surface area (Å²) in [5.74, 6) is 0. The molecule has 2 rings (SSSR count). The minimum absolute atomic E-state index is 0.0203. The van der Waals surface area contributed by atoms with Crippen LogP contribution < -0.4 is 5.73 Å². The summed E-state index contributed by atoms with van der Waals surface area (Å²) in [5.41, 5.74) is 7.36. The van der Waals surface area contributed by atoms with E-state index in [2.05, 4.69) is 27.8 Å². The summed E-state index contributed by atoms with van der Waals surface area (Å²) in [7, 11) is 0. The fourth-order valence-corrected chi connectivity index (χ4v) is 3.10. The van der Waals surface area contributed by atoms with Gasteiger partial charge in [-0.2, -0.15) is 0 Å². The highest BCUT2D eigenvalue weighted by Crippen LogP contribution is 2.23. The van der Waals surface area contributed by atoms with Gasteiger partial charge in [0, 0.05) is 28.6 Å². The van der Waals surface area contributed by atoms with E-state index < -0.39 is 0 Å². The molecule has 0 spiro atoms. The Morgan fingerprint density at radius 1 is 1.58 bits per heavy atom. The number of morpholine rings is 1. The third-order valence-corrected chi connectivity index (χ3v) is 4.42. The molecule has 2 unspecified atom stereocenters. The number of halogens is 2. The zero-order valence-electron chi connectivity index (χ0n) is 11.1. The Morgan fingerprint density at radius 2 is 2.37 bits per heavy atom. The minimum Gasteiger partial charge on any atom is -0.374 e. The summed E-state index contributed by atoms with van der Waals surface area (Å²) < 4.78 is 6.78. The highest BCUT2D eigenvalue weighted by Gasteiger charge is 2.25. The molecule has 1 fully saturated rings. The molecule has 0 aliphatic carbocycles. The highest BCUT2D eigenvalue weighted by atomic mass is 79.9. The third-order valence-electron chi connectivity index (χ3n) is 3.57. The normalized spacial score (nSPS) is 22.4. The Balaban J connectivity index is 1.98. The Bertz CT molecular complexity index is 430. The summed E-state index contributed by atoms with van der Waals surface area (Å²) in [5, 5.41) is 0.757. The van der Waals surface area contributed by atoms with Gasteiger partial charge in [0.1, 0.15) is 0 Å². The Morgan fingerprint density at radius 3 is 3.05 bits per heavy atom. The van der Waals surface area contributed by atoms with Crippen LogP contribution in [0.4, 0.5) is 0 Å². The second-order valence-corrected chi connectivity index (χ2v) is 6.23. The van der Waals surface area contributed by atoms with Crippen molar-refractivity contribution in [2.75, 3.05) is 26.2 Å². The molecular weight excluding hydrogens is 328 g/mol. The van der Waals surface area contributed by atoms with Crippen LogP contribution in [0.15, 0.2) is 22.7 Å². The van der Waals surface area contributed by atoms with Gasteiger partial charge < -0.3 is 10.5 Å². The van der Waals surface area contributed by atoms with Gasteiger partial charge in [-0.15, -0.1) is 0 Å². The molecule has 19 heavy (non-hydrogen) atoms. The zero-order chi connectivity index (χ0) is 13.8. The molecule has 1 heterocycles. The number of nitrogens with two attached hydrogens (primary N) is 1. The van der Waals surface area contributed by atoms with Gasteiger partial charge in [-0.05, 0) is 30.7 Å². The monoisotopic (exact) mass is 346 g/mol. The van der Waals surface area contributed by atoms with Crippen LogP contribution in [0.25, 0.3) is 0 Å². The lowest BCUT2D eigenvalue weighted by Gasteiger charge is -2.35. The summed E-state index contributed by atoms with van der Waals surface area (Å²) >= 11 is 9.64. The quantitative estimate of drug-likeness (QED) is 0.910. The lowest BCUT2D eigenvalue weighted by atomic mass is 10.0. The van der Waals surface area contributed by atoms with Gasteiger partial charge in [0.2, 0.25) is 0 Å². The van der Waals surface area contributed by atoms with Gasteiger partial charge >= 0.3 is 0 Å². The lowest BCUT2D eigenvalue weighted by molar-refractivity contribution is -0.0385. The molecule has 0 amide bonds. The second kappa shape index (κ2) is 7.04. The van der Waals surface area contributed by atoms with Gasteiger partial charge in [0.05, 0.1) is 12.7 Å². The molecule has 2 atom stereocenters. The maximum Gasteiger partial charge on any atom is 0.0856 e. The molecule has 5 heteroatoms. The van der Waals surface area contributed by atoms with E-state index in [0.717, 1.165) is 47.7 Å². The van der Waals surface area contributed by atoms with Crippen molar-refractivity contribution in [3.8, 4) is 0 Å². The first-order valence-corrected chi connectivity index (χ1v) is 7.80. The molecule has 1 aliphatic heterocycles. The van der Waals surface area contributed by atoms with Crippen LogP contribution >= 0.6 is 27.5 Å². The van der Waals surface area contributed by atoms with Crippen molar-refractivity contribution < 1.29 is 4.74 Å². The first kappa shape index (κ1) is 15.3. The van der Waals surface area contributed by atoms with E-state index >= 15 is 0 Å². The molecule has 0 aromatic heterocycles. The number of likely N-dealkylation sites (N-methyl/N-ethyl adjacent to an activating group) is 1. The number of ether oxygens (including phenoxy) is 1. The first-order chi connectivity index (χ1) is 9.10. The fourth-order valence-electron chi connectivity index (χ4n) is 2.35. The first-order valence-electron chi connectivity index (χ1n) is 6.63. The lowest BCUT2D eigenvalue weighted by Crippen LogP contribution is -2.51. The smallest absolute Gasteiger partial charge is 0.0856 e. The van der Waals surface area contributed by atoms with Crippen LogP contribution in [-0.2, 0) is 11.2 Å². The van der Waals surface area contributed by atoms with Gasteiger partial charge in [0.25, 0.3) is 0 Å². The van der Waals surface area contributed by atoms with E-state index in [1.54, 1.807) is 0 Å². The van der Waals surface area contributed by atoms with Gasteiger partial charge in [0.15, 0.2) is 0 Å². The van der Waals surface area contributed by atoms with Crippen LogP contribution in [0, 0.1) is 0 Å². The van der Waals surface area contributed by atoms with E-state index in [1.807, 2.05) is 18.2 Å². The second-order valence-electron chi connectivity index (χ2n) is 4.91. The molecule has 1 saturated heterocycles. The molecule has 0 radical (unpaired) electrons. The Kier molecular flexibility index (Phi) is 5.66. The third kappa shape index (κ3) is 4.17. The Hall–Kier alpha value is -0.130. The van der Waals surface area contributed by atoms with Crippen molar-refractivity contribution in [2.24, 2.45) is 5.73 Å². The van der Waals surface area contributed by atoms with Crippen molar-refractivity contribution >= 4 is 27.5 Å². The van der Waals surface area contributed by atoms with Crippen molar-refractivity contribution in [3.63, 3.8) is 0 Å². The van der Waals surface area contributed by atoms with Crippen LogP contribution in [0.2, 0.25) is 5.02 Å². The van der Waals surface area contributed by atoms with E-state index in [1.165, 1.54) is 0 Å². The van der Waals surface area contributed by atoms with Crippen molar-refractivity contribution in [2.45, 2.75) is 25.5 Å². The summed E-state index contributed by atoms with van der Waals surface area (Å²) in [6.45, 7) is 5.88. The molecule has 1 aromatic carbocycles. The van der Waals surface area contributed by atoms with Crippen molar-refractivity contribution in [3.05, 3.63) is 33.3 Å². The van der Waals surface area contributed by atoms with Crippen molar-refractivity contribution in [1.82, 2.24) is 4.90 Å². The van der Waals surface area contributed by atoms with Crippen LogP contribution in [-0.4, -0.2) is 43.3 Å². The molecule has 0 saturated carbocycles. The van der Waals surface area contributed by atoms with E-state index in [4.69, 9.17) is 22.1 Å². The van der Waals surface area contributed by atoms with Crippen LogP contribution in [0.1, 0.15) is 12.5 Å². The SMILES string of the molecule is CCN1CCOC(C(N)Cc2ccc(Br)cc2Cl)C1. The van der Waals surface area contributed by atoms with Crippen molar-refractivity contribution in [1.29, 1.82) is 0 Å². The molecule has 0 bridgehead atoms. The molecule has 1 aliphatic rings. The average Bonchev–Trinajstić information content (AvgIpc) is 2.42. The Labute approximate surface area is 128 Å². The molecule has 2 N–H and O–H groups in total. The maximum atomic E-state index is 6.28. The number of hydrogen-bond acceptors (Lipinski definition) is 3. The summed E-state index contributed by atoms with van der Waals surface area (Å²) in [6.07, 6.45) is 0.836. The number of hydrogen-bond donors (Lipinski definition) is 1.